The average molecular weight is 552 g/mol. The van der Waals surface area contributed by atoms with Crippen LogP contribution in [0.25, 0.3) is 5.65 Å². The third-order valence-corrected chi connectivity index (χ3v) is 9.01. The summed E-state index contributed by atoms with van der Waals surface area (Å²) in [4.78, 5) is 20.0. The van der Waals surface area contributed by atoms with E-state index in [0.717, 1.165) is 10.6 Å². The molecule has 1 saturated heterocycles. The predicted molar refractivity (Wildman–Crippen MR) is 136 cm³/mol. The van der Waals surface area contributed by atoms with Crippen molar-refractivity contribution in [2.45, 2.75) is 50.7 Å². The second-order valence-corrected chi connectivity index (χ2v) is 12.3. The maximum atomic E-state index is 14.2. The van der Waals surface area contributed by atoms with Crippen LogP contribution in [0, 0.1) is 11.9 Å². The number of hydrogen-bond donors (Lipinski definition) is 0. The summed E-state index contributed by atoms with van der Waals surface area (Å²) >= 11 is 0. The van der Waals surface area contributed by atoms with Crippen LogP contribution < -0.4 is 4.90 Å². The zero-order chi connectivity index (χ0) is 27.4. The topological polar surface area (TPSA) is 70.8 Å². The number of benzene rings is 1. The van der Waals surface area contributed by atoms with Crippen molar-refractivity contribution in [3.05, 3.63) is 53.7 Å². The lowest BCUT2D eigenvalue weighted by Crippen LogP contribution is -2.44. The Morgan fingerprint density at radius 3 is 2.47 bits per heavy atom. The number of carbonyl (C=O) groups excluding carboxylic acids is 1. The summed E-state index contributed by atoms with van der Waals surface area (Å²) in [5.74, 6) is -1.12. The lowest BCUT2D eigenvalue weighted by atomic mass is 9.81. The monoisotopic (exact) mass is 551 g/mol. The van der Waals surface area contributed by atoms with E-state index in [1.54, 1.807) is 18.3 Å². The van der Waals surface area contributed by atoms with Crippen LogP contribution >= 0.6 is 0 Å². The fourth-order valence-electron chi connectivity index (χ4n) is 5.55. The fourth-order valence-corrected chi connectivity index (χ4v) is 6.85. The summed E-state index contributed by atoms with van der Waals surface area (Å²) in [6.07, 6.45) is -1.68. The van der Waals surface area contributed by atoms with Gasteiger partial charge in [-0.05, 0) is 37.0 Å². The second-order valence-electron chi connectivity index (χ2n) is 10.6. The largest absolute Gasteiger partial charge is 0.413 e. The summed E-state index contributed by atoms with van der Waals surface area (Å²) in [6, 6.07) is 5.15. The van der Waals surface area contributed by atoms with Crippen LogP contribution in [-0.4, -0.2) is 60.9 Å². The SMILES string of the molecule is CN(C(=O)C1CCS(=O)CC1)[C@@H](c1ccc(N2CCC(C)(C)c3c2cnc2cc(F)nn32)cc1)C(F)(F)F. The third kappa shape index (κ3) is 4.78. The molecule has 1 aromatic carbocycles. The van der Waals surface area contributed by atoms with Crippen LogP contribution in [0.4, 0.5) is 28.9 Å². The Morgan fingerprint density at radius 1 is 1.18 bits per heavy atom. The fraction of sp³-hybridized carbons (Fsp3) is 0.500. The molecule has 0 saturated carbocycles. The normalized spacial score (nSPS) is 22.2. The van der Waals surface area contributed by atoms with E-state index in [1.807, 2.05) is 18.7 Å². The van der Waals surface area contributed by atoms with Gasteiger partial charge in [-0.15, -0.1) is 5.10 Å². The Kier molecular flexibility index (Phi) is 6.73. The molecule has 12 heteroatoms. The molecule has 3 aromatic rings. The summed E-state index contributed by atoms with van der Waals surface area (Å²) in [6.45, 7) is 4.66. The van der Waals surface area contributed by atoms with Gasteiger partial charge in [-0.25, -0.2) is 9.50 Å². The van der Waals surface area contributed by atoms with E-state index in [9.17, 15) is 26.6 Å². The Balaban J connectivity index is 1.46. The molecule has 2 aliphatic rings. The third-order valence-electron chi connectivity index (χ3n) is 7.63. The van der Waals surface area contributed by atoms with E-state index >= 15 is 0 Å². The van der Waals surface area contributed by atoms with Gasteiger partial charge < -0.3 is 9.80 Å². The van der Waals surface area contributed by atoms with Crippen LogP contribution in [0.5, 0.6) is 0 Å². The van der Waals surface area contributed by atoms with Gasteiger partial charge in [0.2, 0.25) is 11.9 Å². The molecule has 0 N–H and O–H groups in total. The minimum absolute atomic E-state index is 0.0447. The van der Waals surface area contributed by atoms with E-state index in [0.29, 0.717) is 54.3 Å². The number of alkyl halides is 3. The van der Waals surface area contributed by atoms with Crippen LogP contribution in [-0.2, 0) is 21.0 Å². The zero-order valence-electron chi connectivity index (χ0n) is 21.3. The van der Waals surface area contributed by atoms with Crippen molar-refractivity contribution in [3.8, 4) is 0 Å². The van der Waals surface area contributed by atoms with E-state index in [4.69, 9.17) is 0 Å². The molecular formula is C26H29F4N5O2S. The molecule has 4 heterocycles. The Bertz CT molecular complexity index is 1380. The minimum atomic E-state index is -4.68. The number of hydrogen-bond acceptors (Lipinski definition) is 5. The maximum absolute atomic E-state index is 14.2. The smallest absolute Gasteiger partial charge is 0.339 e. The van der Waals surface area contributed by atoms with Crippen molar-refractivity contribution in [2.24, 2.45) is 5.92 Å². The Morgan fingerprint density at radius 2 is 1.84 bits per heavy atom. The number of halogens is 4. The molecule has 1 atom stereocenters. The van der Waals surface area contributed by atoms with Crippen LogP contribution in [0.15, 0.2) is 36.5 Å². The van der Waals surface area contributed by atoms with E-state index in [2.05, 4.69) is 10.1 Å². The molecule has 38 heavy (non-hydrogen) atoms. The molecule has 0 bridgehead atoms. The van der Waals surface area contributed by atoms with Gasteiger partial charge in [-0.3, -0.25) is 9.00 Å². The lowest BCUT2D eigenvalue weighted by molar-refractivity contribution is -0.190. The first-order chi connectivity index (χ1) is 17.9. The van der Waals surface area contributed by atoms with Gasteiger partial charge in [0.05, 0.1) is 17.6 Å². The molecule has 2 aliphatic heterocycles. The van der Waals surface area contributed by atoms with Gasteiger partial charge in [0.25, 0.3) is 0 Å². The van der Waals surface area contributed by atoms with E-state index in [-0.39, 0.29) is 11.0 Å². The highest BCUT2D eigenvalue weighted by Gasteiger charge is 2.46. The first-order valence-electron chi connectivity index (χ1n) is 12.5. The molecular weight excluding hydrogens is 522 g/mol. The average Bonchev–Trinajstić information content (AvgIpc) is 3.24. The number of aromatic nitrogens is 3. The molecule has 0 aliphatic carbocycles. The van der Waals surface area contributed by atoms with E-state index in [1.165, 1.54) is 29.8 Å². The molecule has 0 radical (unpaired) electrons. The van der Waals surface area contributed by atoms with Gasteiger partial charge in [0, 0.05) is 59.0 Å². The quantitative estimate of drug-likeness (QED) is 0.431. The highest BCUT2D eigenvalue weighted by Crippen LogP contribution is 2.44. The van der Waals surface area contributed by atoms with Crippen molar-refractivity contribution in [1.82, 2.24) is 19.5 Å². The first kappa shape index (κ1) is 26.6. The van der Waals surface area contributed by atoms with Gasteiger partial charge >= 0.3 is 6.18 Å². The van der Waals surface area contributed by atoms with Crippen molar-refractivity contribution in [1.29, 1.82) is 0 Å². The van der Waals surface area contributed by atoms with Gasteiger partial charge in [0.15, 0.2) is 11.7 Å². The van der Waals surface area contributed by atoms with Crippen LogP contribution in [0.3, 0.4) is 0 Å². The standard InChI is InChI=1S/C26H29F4N5O2S/c1-25(2)10-11-34(19-15-31-21-14-20(27)32-35(21)23(19)25)18-6-4-16(5-7-18)22(26(28,29)30)33(3)24(36)17-8-12-38(37)13-9-17/h4-7,14-15,17,22H,8-13H2,1-3H3/t17?,22-,38?/m0/s1. The maximum Gasteiger partial charge on any atom is 0.413 e. The van der Waals surface area contributed by atoms with Crippen molar-refractivity contribution in [3.63, 3.8) is 0 Å². The highest BCUT2D eigenvalue weighted by atomic mass is 32.2. The van der Waals surface area contributed by atoms with Crippen LogP contribution in [0.2, 0.25) is 0 Å². The highest BCUT2D eigenvalue weighted by molar-refractivity contribution is 7.85. The minimum Gasteiger partial charge on any atom is -0.339 e. The number of nitrogens with zero attached hydrogens (tertiary/aromatic N) is 5. The molecule has 204 valence electrons. The number of fused-ring (bicyclic) bond motifs is 3. The van der Waals surface area contributed by atoms with Gasteiger partial charge in [-0.2, -0.15) is 17.6 Å². The number of amides is 1. The molecule has 1 amide bonds. The summed E-state index contributed by atoms with van der Waals surface area (Å²) in [5, 5.41) is 3.97. The lowest BCUT2D eigenvalue weighted by Gasteiger charge is -2.40. The molecule has 5 rings (SSSR count). The summed E-state index contributed by atoms with van der Waals surface area (Å²) in [7, 11) is 0.170. The predicted octanol–water partition coefficient (Wildman–Crippen LogP) is 4.91. The van der Waals surface area contributed by atoms with E-state index < -0.39 is 40.8 Å². The van der Waals surface area contributed by atoms with Gasteiger partial charge in [-0.1, -0.05) is 26.0 Å². The van der Waals surface area contributed by atoms with Crippen LogP contribution in [0.1, 0.15) is 50.4 Å². The first-order valence-corrected chi connectivity index (χ1v) is 14.0. The molecule has 7 nitrogen and oxygen atoms in total. The van der Waals surface area contributed by atoms with Gasteiger partial charge in [0.1, 0.15) is 0 Å². The summed E-state index contributed by atoms with van der Waals surface area (Å²) in [5.41, 5.74) is 2.14. The number of carbonyl (C=O) groups is 1. The Hall–Kier alpha value is -3.02. The second kappa shape index (κ2) is 9.62. The zero-order valence-corrected chi connectivity index (χ0v) is 22.2. The van der Waals surface area contributed by atoms with Crippen molar-refractivity contribution >= 4 is 33.7 Å². The molecule has 2 aromatic heterocycles. The molecule has 0 unspecified atom stereocenters. The number of anilines is 2. The Labute approximate surface area is 220 Å². The summed E-state index contributed by atoms with van der Waals surface area (Å²) < 4.78 is 69.7. The van der Waals surface area contributed by atoms with Crippen molar-refractivity contribution < 1.29 is 26.6 Å². The van der Waals surface area contributed by atoms with Crippen molar-refractivity contribution in [2.75, 3.05) is 30.0 Å². The molecule has 0 spiro atoms. The molecule has 1 fully saturated rings. The number of rotatable bonds is 4.